The minimum atomic E-state index is -0.0924. The summed E-state index contributed by atoms with van der Waals surface area (Å²) < 4.78 is 16.3. The molecule has 1 atom stereocenters. The van der Waals surface area contributed by atoms with Gasteiger partial charge in [0.15, 0.2) is 29.0 Å². The molecule has 28 heavy (non-hydrogen) atoms. The number of rotatable bonds is 9. The van der Waals surface area contributed by atoms with E-state index in [0.717, 1.165) is 12.1 Å². The normalized spacial score (nSPS) is 12.2. The molecule has 0 aliphatic rings. The molecule has 0 radical (unpaired) electrons. The van der Waals surface area contributed by atoms with Gasteiger partial charge in [-0.25, -0.2) is 4.99 Å². The number of guanidine groups is 1. The molecule has 2 aromatic carbocycles. The molecular formula is C21H29N3O4. The Morgan fingerprint density at radius 2 is 1.75 bits per heavy atom. The predicted molar refractivity (Wildman–Crippen MR) is 111 cm³/mol. The highest BCUT2D eigenvalue weighted by molar-refractivity contribution is 5.79. The molecule has 0 saturated heterocycles. The predicted octanol–water partition coefficient (Wildman–Crippen LogP) is 2.93. The Morgan fingerprint density at radius 1 is 1.04 bits per heavy atom. The van der Waals surface area contributed by atoms with E-state index < -0.39 is 0 Å². The topological polar surface area (TPSA) is 84.3 Å². The number of benzene rings is 2. The SMILES string of the molecule is CCNC(=NCc1ccc(OC)c(O)c1)NCC(C)Oc1ccccc1OC. The third-order valence-corrected chi connectivity index (χ3v) is 3.96. The molecule has 1 unspecified atom stereocenters. The highest BCUT2D eigenvalue weighted by atomic mass is 16.5. The maximum atomic E-state index is 9.89. The second-order valence-electron chi connectivity index (χ2n) is 6.16. The number of hydrogen-bond acceptors (Lipinski definition) is 5. The van der Waals surface area contributed by atoms with Crippen molar-refractivity contribution in [2.75, 3.05) is 27.3 Å². The minimum absolute atomic E-state index is 0.0924. The average molecular weight is 387 g/mol. The third-order valence-electron chi connectivity index (χ3n) is 3.96. The zero-order valence-corrected chi connectivity index (χ0v) is 16.9. The van der Waals surface area contributed by atoms with E-state index in [4.69, 9.17) is 14.2 Å². The highest BCUT2D eigenvalue weighted by Crippen LogP contribution is 2.27. The average Bonchev–Trinajstić information content (AvgIpc) is 2.70. The van der Waals surface area contributed by atoms with Crippen molar-refractivity contribution in [1.82, 2.24) is 10.6 Å². The van der Waals surface area contributed by atoms with E-state index in [1.807, 2.05) is 44.2 Å². The van der Waals surface area contributed by atoms with Gasteiger partial charge in [-0.3, -0.25) is 0 Å². The van der Waals surface area contributed by atoms with Crippen molar-refractivity contribution in [2.24, 2.45) is 4.99 Å². The van der Waals surface area contributed by atoms with Gasteiger partial charge in [0.25, 0.3) is 0 Å². The molecule has 2 aromatic rings. The van der Waals surface area contributed by atoms with Crippen LogP contribution in [0.2, 0.25) is 0 Å². The molecule has 0 aromatic heterocycles. The van der Waals surface area contributed by atoms with Crippen LogP contribution in [0.25, 0.3) is 0 Å². The van der Waals surface area contributed by atoms with E-state index in [-0.39, 0.29) is 11.9 Å². The standard InChI is InChI=1S/C21H29N3O4/c1-5-22-21(24-14-16-10-11-18(26-3)17(25)12-16)23-13-15(2)28-20-9-7-6-8-19(20)27-4/h6-12,15,25H,5,13-14H2,1-4H3,(H2,22,23,24). The van der Waals surface area contributed by atoms with E-state index in [2.05, 4.69) is 15.6 Å². The number of para-hydroxylation sites is 2. The first-order valence-corrected chi connectivity index (χ1v) is 9.25. The Bertz CT molecular complexity index is 780. The number of phenols is 1. The van der Waals surface area contributed by atoms with E-state index in [1.54, 1.807) is 19.2 Å². The molecule has 3 N–H and O–H groups in total. The van der Waals surface area contributed by atoms with Gasteiger partial charge in [-0.05, 0) is 43.7 Å². The molecule has 0 spiro atoms. The summed E-state index contributed by atoms with van der Waals surface area (Å²) in [5, 5.41) is 16.4. The summed E-state index contributed by atoms with van der Waals surface area (Å²) in [6.07, 6.45) is -0.0924. The van der Waals surface area contributed by atoms with Gasteiger partial charge in [-0.15, -0.1) is 0 Å². The van der Waals surface area contributed by atoms with E-state index in [0.29, 0.717) is 36.3 Å². The number of aliphatic imine (C=N–C) groups is 1. The van der Waals surface area contributed by atoms with Crippen LogP contribution >= 0.6 is 0 Å². The van der Waals surface area contributed by atoms with Crippen molar-refractivity contribution >= 4 is 5.96 Å². The largest absolute Gasteiger partial charge is 0.504 e. The lowest BCUT2D eigenvalue weighted by Crippen LogP contribution is -2.41. The van der Waals surface area contributed by atoms with Crippen LogP contribution in [0, 0.1) is 0 Å². The lowest BCUT2D eigenvalue weighted by Gasteiger charge is -2.19. The van der Waals surface area contributed by atoms with Gasteiger partial charge in [0.05, 0.1) is 27.3 Å². The Kier molecular flexibility index (Phi) is 8.27. The van der Waals surface area contributed by atoms with Gasteiger partial charge in [-0.2, -0.15) is 0 Å². The van der Waals surface area contributed by atoms with E-state index in [9.17, 15) is 5.11 Å². The number of hydrogen-bond donors (Lipinski definition) is 3. The van der Waals surface area contributed by atoms with Crippen molar-refractivity contribution in [3.8, 4) is 23.0 Å². The number of phenolic OH excluding ortho intramolecular Hbond substituents is 1. The highest BCUT2D eigenvalue weighted by Gasteiger charge is 2.09. The summed E-state index contributed by atoms with van der Waals surface area (Å²) in [7, 11) is 3.15. The van der Waals surface area contributed by atoms with E-state index in [1.165, 1.54) is 7.11 Å². The molecule has 0 saturated carbocycles. The fraction of sp³-hybridized carbons (Fsp3) is 0.381. The zero-order valence-electron chi connectivity index (χ0n) is 16.9. The molecule has 7 nitrogen and oxygen atoms in total. The fourth-order valence-corrected chi connectivity index (χ4v) is 2.56. The molecule has 7 heteroatoms. The first kappa shape index (κ1) is 21.2. The number of ether oxygens (including phenoxy) is 3. The smallest absolute Gasteiger partial charge is 0.191 e. The fourth-order valence-electron chi connectivity index (χ4n) is 2.56. The van der Waals surface area contributed by atoms with Gasteiger partial charge >= 0.3 is 0 Å². The van der Waals surface area contributed by atoms with Crippen LogP contribution < -0.4 is 24.8 Å². The number of nitrogens with zero attached hydrogens (tertiary/aromatic N) is 1. The second kappa shape index (κ2) is 10.9. The molecule has 0 fully saturated rings. The van der Waals surface area contributed by atoms with Crippen molar-refractivity contribution in [3.63, 3.8) is 0 Å². The Labute approximate surface area is 166 Å². The van der Waals surface area contributed by atoms with Crippen molar-refractivity contribution in [3.05, 3.63) is 48.0 Å². The summed E-state index contributed by atoms with van der Waals surface area (Å²) in [4.78, 5) is 4.56. The van der Waals surface area contributed by atoms with Crippen molar-refractivity contribution in [1.29, 1.82) is 0 Å². The molecule has 0 heterocycles. The Balaban J connectivity index is 1.94. The molecule has 0 amide bonds. The first-order chi connectivity index (χ1) is 13.6. The van der Waals surface area contributed by atoms with Crippen LogP contribution in [-0.4, -0.2) is 44.5 Å². The van der Waals surface area contributed by atoms with Gasteiger partial charge in [0.1, 0.15) is 6.10 Å². The number of aromatic hydroxyl groups is 1. The second-order valence-corrected chi connectivity index (χ2v) is 6.16. The molecule has 2 rings (SSSR count). The van der Waals surface area contributed by atoms with Crippen LogP contribution in [-0.2, 0) is 6.54 Å². The summed E-state index contributed by atoms with van der Waals surface area (Å²) in [5.74, 6) is 2.63. The van der Waals surface area contributed by atoms with E-state index >= 15 is 0 Å². The van der Waals surface area contributed by atoms with Crippen LogP contribution in [0.4, 0.5) is 0 Å². The number of nitrogens with one attached hydrogen (secondary N) is 2. The lowest BCUT2D eigenvalue weighted by atomic mass is 10.2. The van der Waals surface area contributed by atoms with Crippen LogP contribution in [0.3, 0.4) is 0 Å². The Hall–Kier alpha value is -3.09. The first-order valence-electron chi connectivity index (χ1n) is 9.25. The zero-order chi connectivity index (χ0) is 20.4. The quantitative estimate of drug-likeness (QED) is 0.453. The summed E-state index contributed by atoms with van der Waals surface area (Å²) in [5.41, 5.74) is 0.883. The molecule has 0 bridgehead atoms. The monoisotopic (exact) mass is 387 g/mol. The van der Waals surface area contributed by atoms with Gasteiger partial charge in [0.2, 0.25) is 0 Å². The summed E-state index contributed by atoms with van der Waals surface area (Å²) >= 11 is 0. The summed E-state index contributed by atoms with van der Waals surface area (Å²) in [6, 6.07) is 12.8. The van der Waals surface area contributed by atoms with Crippen LogP contribution in [0.1, 0.15) is 19.4 Å². The summed E-state index contributed by atoms with van der Waals surface area (Å²) in [6.45, 7) is 5.71. The van der Waals surface area contributed by atoms with Crippen molar-refractivity contribution < 1.29 is 19.3 Å². The van der Waals surface area contributed by atoms with Gasteiger partial charge in [0, 0.05) is 6.54 Å². The Morgan fingerprint density at radius 3 is 2.39 bits per heavy atom. The van der Waals surface area contributed by atoms with Crippen LogP contribution in [0.5, 0.6) is 23.0 Å². The number of methoxy groups -OCH3 is 2. The minimum Gasteiger partial charge on any atom is -0.504 e. The third kappa shape index (κ3) is 6.26. The molecular weight excluding hydrogens is 358 g/mol. The van der Waals surface area contributed by atoms with Gasteiger partial charge < -0.3 is 30.0 Å². The molecule has 152 valence electrons. The maximum Gasteiger partial charge on any atom is 0.191 e. The lowest BCUT2D eigenvalue weighted by molar-refractivity contribution is 0.213. The molecule has 0 aliphatic carbocycles. The van der Waals surface area contributed by atoms with Crippen molar-refractivity contribution in [2.45, 2.75) is 26.5 Å². The molecule has 0 aliphatic heterocycles. The van der Waals surface area contributed by atoms with Gasteiger partial charge in [-0.1, -0.05) is 18.2 Å². The maximum absolute atomic E-state index is 9.89. The van der Waals surface area contributed by atoms with Crippen LogP contribution in [0.15, 0.2) is 47.5 Å².